The molecule has 1 aromatic rings. The number of rotatable bonds is 4. The summed E-state index contributed by atoms with van der Waals surface area (Å²) < 4.78 is 40.2. The molecule has 2 rings (SSSR count). The zero-order valence-electron chi connectivity index (χ0n) is 16.8. The maximum atomic E-state index is 14.7. The van der Waals surface area contributed by atoms with Crippen LogP contribution in [0.1, 0.15) is 57.5 Å². The van der Waals surface area contributed by atoms with Gasteiger partial charge in [0.25, 0.3) is 5.91 Å². The number of ether oxygens (including phenoxy) is 2. The molecule has 0 spiro atoms. The molecule has 0 unspecified atom stereocenters. The third-order valence-electron chi connectivity index (χ3n) is 3.87. The first-order valence-corrected chi connectivity index (χ1v) is 8.87. The SMILES string of the molecule is CC(C)(C)OC[C@@H](C(=O)OC(C)(C)C)N1C(=O)c2ccccc2C(F)(F)C1=O. The van der Waals surface area contributed by atoms with Gasteiger partial charge < -0.3 is 9.47 Å². The van der Waals surface area contributed by atoms with Crippen molar-refractivity contribution in [3.63, 3.8) is 0 Å². The number of nitrogens with zero attached hydrogens (tertiary/aromatic N) is 1. The van der Waals surface area contributed by atoms with E-state index in [4.69, 9.17) is 9.47 Å². The normalized spacial score (nSPS) is 17.9. The zero-order valence-corrected chi connectivity index (χ0v) is 16.8. The fourth-order valence-corrected chi connectivity index (χ4v) is 2.66. The Morgan fingerprint density at radius 2 is 1.64 bits per heavy atom. The molecule has 0 N–H and O–H groups in total. The summed E-state index contributed by atoms with van der Waals surface area (Å²) in [5.74, 6) is -7.70. The van der Waals surface area contributed by atoms with Crippen LogP contribution < -0.4 is 0 Å². The molecule has 1 aliphatic rings. The Bertz CT molecular complexity index is 793. The van der Waals surface area contributed by atoms with Crippen LogP contribution in [-0.2, 0) is 25.0 Å². The van der Waals surface area contributed by atoms with Crippen molar-refractivity contribution in [1.29, 1.82) is 0 Å². The molecule has 0 radical (unpaired) electrons. The van der Waals surface area contributed by atoms with Gasteiger partial charge in [0.05, 0.1) is 12.2 Å². The highest BCUT2D eigenvalue weighted by Crippen LogP contribution is 2.38. The molecule has 1 aromatic carbocycles. The van der Waals surface area contributed by atoms with E-state index in [1.165, 1.54) is 18.2 Å². The van der Waals surface area contributed by atoms with Crippen LogP contribution in [0.25, 0.3) is 0 Å². The third kappa shape index (κ3) is 4.55. The second-order valence-electron chi connectivity index (χ2n) is 8.57. The van der Waals surface area contributed by atoms with Crippen LogP contribution in [-0.4, -0.2) is 46.5 Å². The number of halogens is 2. The second kappa shape index (κ2) is 7.24. The van der Waals surface area contributed by atoms with Gasteiger partial charge >= 0.3 is 17.8 Å². The molecule has 0 aliphatic carbocycles. The molecule has 0 fully saturated rings. The minimum absolute atomic E-state index is 0.266. The van der Waals surface area contributed by atoms with Crippen molar-refractivity contribution in [1.82, 2.24) is 4.90 Å². The van der Waals surface area contributed by atoms with Crippen LogP contribution in [0, 0.1) is 0 Å². The first-order chi connectivity index (χ1) is 12.6. The van der Waals surface area contributed by atoms with Gasteiger partial charge in [-0.05, 0) is 47.6 Å². The van der Waals surface area contributed by atoms with Crippen LogP contribution >= 0.6 is 0 Å². The summed E-state index contributed by atoms with van der Waals surface area (Å²) in [4.78, 5) is 38.4. The van der Waals surface area contributed by atoms with Crippen LogP contribution in [0.3, 0.4) is 0 Å². The number of fused-ring (bicyclic) bond motifs is 1. The average molecular weight is 397 g/mol. The fourth-order valence-electron chi connectivity index (χ4n) is 2.66. The number of hydrogen-bond acceptors (Lipinski definition) is 5. The third-order valence-corrected chi connectivity index (χ3v) is 3.87. The van der Waals surface area contributed by atoms with E-state index in [1.807, 2.05) is 0 Å². The Labute approximate surface area is 162 Å². The van der Waals surface area contributed by atoms with Gasteiger partial charge in [-0.1, -0.05) is 18.2 Å². The van der Waals surface area contributed by atoms with Crippen LogP contribution in [0.15, 0.2) is 24.3 Å². The predicted octanol–water partition coefficient (Wildman–Crippen LogP) is 3.29. The first kappa shape index (κ1) is 21.9. The molecule has 0 saturated heterocycles. The lowest BCUT2D eigenvalue weighted by Gasteiger charge is -2.37. The lowest BCUT2D eigenvalue weighted by Crippen LogP contribution is -2.59. The highest BCUT2D eigenvalue weighted by atomic mass is 19.3. The van der Waals surface area contributed by atoms with Gasteiger partial charge in [0, 0.05) is 11.1 Å². The lowest BCUT2D eigenvalue weighted by atomic mass is 9.94. The van der Waals surface area contributed by atoms with E-state index < -0.39 is 53.1 Å². The zero-order chi connectivity index (χ0) is 21.5. The van der Waals surface area contributed by atoms with Crippen LogP contribution in [0.5, 0.6) is 0 Å². The number of carbonyl (C=O) groups excluding carboxylic acids is 3. The molecule has 0 bridgehead atoms. The summed E-state index contributed by atoms with van der Waals surface area (Å²) in [6.45, 7) is 9.41. The van der Waals surface area contributed by atoms with Gasteiger partial charge in [-0.2, -0.15) is 8.78 Å². The minimum atomic E-state index is -3.95. The molecule has 0 aromatic heterocycles. The van der Waals surface area contributed by atoms with E-state index in [2.05, 4.69) is 0 Å². The molecular formula is C20H25F2NO5. The second-order valence-corrected chi connectivity index (χ2v) is 8.57. The van der Waals surface area contributed by atoms with Crippen molar-refractivity contribution in [2.75, 3.05) is 6.61 Å². The first-order valence-electron chi connectivity index (χ1n) is 8.87. The monoisotopic (exact) mass is 397 g/mol. The molecule has 2 amide bonds. The van der Waals surface area contributed by atoms with E-state index in [9.17, 15) is 23.2 Å². The smallest absolute Gasteiger partial charge is 0.351 e. The predicted molar refractivity (Wildman–Crippen MR) is 96.9 cm³/mol. The van der Waals surface area contributed by atoms with Crippen LogP contribution in [0.2, 0.25) is 0 Å². The summed E-state index contributed by atoms with van der Waals surface area (Å²) in [7, 11) is 0. The summed E-state index contributed by atoms with van der Waals surface area (Å²) in [5.41, 5.74) is -2.69. The van der Waals surface area contributed by atoms with Gasteiger partial charge in [-0.3, -0.25) is 14.5 Å². The standard InChI is InChI=1S/C20H25F2NO5/c1-18(2,3)27-11-14(16(25)28-19(4,5)6)23-15(24)12-9-7-8-10-13(12)20(21,22)17(23)26/h7-10,14H,11H2,1-6H3/t14-/m0/s1. The van der Waals surface area contributed by atoms with Gasteiger partial charge in [-0.25, -0.2) is 4.79 Å². The Balaban J connectivity index is 2.50. The minimum Gasteiger partial charge on any atom is -0.458 e. The largest absolute Gasteiger partial charge is 0.458 e. The maximum absolute atomic E-state index is 14.7. The Kier molecular flexibility index (Phi) is 5.67. The highest BCUT2D eigenvalue weighted by Gasteiger charge is 2.56. The van der Waals surface area contributed by atoms with Gasteiger partial charge in [0.15, 0.2) is 6.04 Å². The lowest BCUT2D eigenvalue weighted by molar-refractivity contribution is -0.176. The molecule has 28 heavy (non-hydrogen) atoms. The fraction of sp³-hybridized carbons (Fsp3) is 0.550. The highest BCUT2D eigenvalue weighted by molar-refractivity contribution is 6.13. The Hall–Kier alpha value is -2.35. The van der Waals surface area contributed by atoms with Crippen LogP contribution in [0.4, 0.5) is 8.78 Å². The number of imide groups is 1. The van der Waals surface area contributed by atoms with Crippen molar-refractivity contribution in [3.05, 3.63) is 35.4 Å². The molecule has 0 saturated carbocycles. The number of alkyl halides is 2. The van der Waals surface area contributed by atoms with Gasteiger partial charge in [0.2, 0.25) is 0 Å². The van der Waals surface area contributed by atoms with Gasteiger partial charge in [-0.15, -0.1) is 0 Å². The summed E-state index contributed by atoms with van der Waals surface area (Å²) in [6.07, 6.45) is 0. The average Bonchev–Trinajstić information content (AvgIpc) is 2.53. The summed E-state index contributed by atoms with van der Waals surface area (Å²) in [5, 5.41) is 0. The molecule has 6 nitrogen and oxygen atoms in total. The van der Waals surface area contributed by atoms with E-state index in [-0.39, 0.29) is 10.5 Å². The van der Waals surface area contributed by atoms with E-state index in [0.717, 1.165) is 6.07 Å². The van der Waals surface area contributed by atoms with E-state index in [1.54, 1.807) is 41.5 Å². The quantitative estimate of drug-likeness (QED) is 0.576. The molecule has 1 heterocycles. The van der Waals surface area contributed by atoms with Gasteiger partial charge in [0.1, 0.15) is 5.60 Å². The van der Waals surface area contributed by atoms with Crippen molar-refractivity contribution >= 4 is 17.8 Å². The number of amides is 2. The number of esters is 1. The number of hydrogen-bond donors (Lipinski definition) is 0. The Morgan fingerprint density at radius 1 is 1.07 bits per heavy atom. The van der Waals surface area contributed by atoms with Crippen molar-refractivity contribution in [2.45, 2.75) is 64.7 Å². The van der Waals surface area contributed by atoms with E-state index >= 15 is 0 Å². The summed E-state index contributed by atoms with van der Waals surface area (Å²) >= 11 is 0. The van der Waals surface area contributed by atoms with Crippen molar-refractivity contribution in [2.24, 2.45) is 0 Å². The molecule has 1 atom stereocenters. The number of carbonyl (C=O) groups is 3. The maximum Gasteiger partial charge on any atom is 0.351 e. The molecule has 8 heteroatoms. The van der Waals surface area contributed by atoms with E-state index in [0.29, 0.717) is 0 Å². The van der Waals surface area contributed by atoms with Crippen molar-refractivity contribution in [3.8, 4) is 0 Å². The number of benzene rings is 1. The molecule has 154 valence electrons. The Morgan fingerprint density at radius 3 is 2.18 bits per heavy atom. The topological polar surface area (TPSA) is 72.9 Å². The van der Waals surface area contributed by atoms with Crippen molar-refractivity contribution < 1.29 is 32.6 Å². The molecular weight excluding hydrogens is 372 g/mol. The summed E-state index contributed by atoms with van der Waals surface area (Å²) in [6, 6.07) is 3.31. The molecule has 1 aliphatic heterocycles.